The molecule has 3 nitrogen and oxygen atoms in total. The SMILES string of the molecule is CCCCCCCCCCC1CSCCOCCOCCSCCO1. The molecule has 5 heteroatoms. The highest BCUT2D eigenvalue weighted by atomic mass is 32.2. The van der Waals surface area contributed by atoms with Gasteiger partial charge in [0.15, 0.2) is 0 Å². The van der Waals surface area contributed by atoms with Crippen LogP contribution in [-0.4, -0.2) is 62.1 Å². The Morgan fingerprint density at radius 2 is 1.28 bits per heavy atom. The summed E-state index contributed by atoms with van der Waals surface area (Å²) in [5.74, 6) is 4.31. The summed E-state index contributed by atoms with van der Waals surface area (Å²) in [5.41, 5.74) is 0. The molecule has 0 aliphatic carbocycles. The zero-order valence-electron chi connectivity index (χ0n) is 16.3. The summed E-state index contributed by atoms with van der Waals surface area (Å²) in [5, 5.41) is 0. The highest BCUT2D eigenvalue weighted by Gasteiger charge is 2.09. The molecule has 0 radical (unpaired) electrons. The van der Waals surface area contributed by atoms with E-state index in [0.717, 1.165) is 56.0 Å². The minimum atomic E-state index is 0.423. The number of unbranched alkanes of at least 4 members (excludes halogenated alkanes) is 7. The van der Waals surface area contributed by atoms with Crippen molar-refractivity contribution in [2.45, 2.75) is 70.8 Å². The van der Waals surface area contributed by atoms with Crippen molar-refractivity contribution in [3.05, 3.63) is 0 Å². The van der Waals surface area contributed by atoms with Crippen LogP contribution in [0.4, 0.5) is 0 Å². The van der Waals surface area contributed by atoms with E-state index >= 15 is 0 Å². The Morgan fingerprint density at radius 1 is 0.680 bits per heavy atom. The molecule has 1 fully saturated rings. The molecular weight excluding hydrogens is 352 g/mol. The highest BCUT2D eigenvalue weighted by Crippen LogP contribution is 2.16. The molecule has 1 atom stereocenters. The highest BCUT2D eigenvalue weighted by molar-refractivity contribution is 7.99. The third-order valence-corrected chi connectivity index (χ3v) is 6.35. The summed E-state index contributed by atoms with van der Waals surface area (Å²) in [6.07, 6.45) is 12.7. The van der Waals surface area contributed by atoms with Gasteiger partial charge in [0.05, 0.1) is 39.1 Å². The first-order valence-corrected chi connectivity index (χ1v) is 12.7. The lowest BCUT2D eigenvalue weighted by atomic mass is 10.1. The topological polar surface area (TPSA) is 27.7 Å². The molecule has 0 N–H and O–H groups in total. The first-order valence-electron chi connectivity index (χ1n) is 10.4. The molecule has 150 valence electrons. The summed E-state index contributed by atoms with van der Waals surface area (Å²) < 4.78 is 17.3. The molecular formula is C20H40O3S2. The Kier molecular flexibility index (Phi) is 18.3. The van der Waals surface area contributed by atoms with E-state index in [1.807, 2.05) is 23.5 Å². The Hall–Kier alpha value is 0.580. The molecule has 0 spiro atoms. The van der Waals surface area contributed by atoms with Crippen molar-refractivity contribution in [3.63, 3.8) is 0 Å². The first-order chi connectivity index (χ1) is 12.4. The minimum absolute atomic E-state index is 0.423. The summed E-state index contributed by atoms with van der Waals surface area (Å²) in [6, 6.07) is 0. The van der Waals surface area contributed by atoms with E-state index in [-0.39, 0.29) is 0 Å². The second-order valence-corrected chi connectivity index (χ2v) is 9.04. The van der Waals surface area contributed by atoms with Gasteiger partial charge in [-0.3, -0.25) is 0 Å². The molecule has 0 aromatic rings. The fourth-order valence-corrected chi connectivity index (χ4v) is 4.45. The Morgan fingerprint density at radius 3 is 2.00 bits per heavy atom. The van der Waals surface area contributed by atoms with E-state index < -0.39 is 0 Å². The average Bonchev–Trinajstić information content (AvgIpc) is 2.63. The van der Waals surface area contributed by atoms with Gasteiger partial charge in [0.2, 0.25) is 0 Å². The van der Waals surface area contributed by atoms with Gasteiger partial charge in [0, 0.05) is 23.0 Å². The Balaban J connectivity index is 2.10. The van der Waals surface area contributed by atoms with Gasteiger partial charge in [-0.25, -0.2) is 0 Å². The van der Waals surface area contributed by atoms with Crippen LogP contribution in [0.15, 0.2) is 0 Å². The monoisotopic (exact) mass is 392 g/mol. The van der Waals surface area contributed by atoms with Crippen LogP contribution in [0.25, 0.3) is 0 Å². The zero-order chi connectivity index (χ0) is 17.8. The van der Waals surface area contributed by atoms with Gasteiger partial charge in [-0.2, -0.15) is 23.5 Å². The first kappa shape index (κ1) is 23.6. The second-order valence-electron chi connectivity index (χ2n) is 6.67. The number of thioether (sulfide) groups is 2. The molecule has 1 unspecified atom stereocenters. The van der Waals surface area contributed by atoms with Crippen LogP contribution in [0.3, 0.4) is 0 Å². The minimum Gasteiger partial charge on any atom is -0.378 e. The van der Waals surface area contributed by atoms with Crippen molar-refractivity contribution in [1.82, 2.24) is 0 Å². The quantitative estimate of drug-likeness (QED) is 0.489. The maximum atomic E-state index is 6.15. The standard InChI is InChI=1S/C20H40O3S2/c1-2-3-4-5-6-7-8-9-10-20-19-25-17-14-22-12-11-21-13-16-24-18-15-23-20/h20H,2-19H2,1H3. The van der Waals surface area contributed by atoms with Gasteiger partial charge in [-0.1, -0.05) is 58.3 Å². The fourth-order valence-electron chi connectivity index (χ4n) is 2.87. The van der Waals surface area contributed by atoms with Crippen LogP contribution in [0.5, 0.6) is 0 Å². The van der Waals surface area contributed by atoms with Crippen LogP contribution >= 0.6 is 23.5 Å². The largest absolute Gasteiger partial charge is 0.378 e. The van der Waals surface area contributed by atoms with E-state index in [0.29, 0.717) is 6.10 Å². The van der Waals surface area contributed by atoms with Gasteiger partial charge in [-0.05, 0) is 6.42 Å². The van der Waals surface area contributed by atoms with E-state index in [2.05, 4.69) is 6.92 Å². The Labute approximate surface area is 164 Å². The molecule has 1 aliphatic rings. The lowest BCUT2D eigenvalue weighted by Gasteiger charge is -2.17. The predicted molar refractivity (Wildman–Crippen MR) is 113 cm³/mol. The van der Waals surface area contributed by atoms with Gasteiger partial charge in [0.25, 0.3) is 0 Å². The van der Waals surface area contributed by atoms with Crippen molar-refractivity contribution in [2.75, 3.05) is 56.0 Å². The predicted octanol–water partition coefficient (Wildman–Crippen LogP) is 5.42. The lowest BCUT2D eigenvalue weighted by molar-refractivity contribution is 0.0605. The van der Waals surface area contributed by atoms with Crippen molar-refractivity contribution in [2.24, 2.45) is 0 Å². The van der Waals surface area contributed by atoms with Gasteiger partial charge < -0.3 is 14.2 Å². The fraction of sp³-hybridized carbons (Fsp3) is 1.00. The molecule has 0 aromatic heterocycles. The Bertz CT molecular complexity index is 251. The van der Waals surface area contributed by atoms with E-state index in [1.54, 1.807) is 0 Å². The van der Waals surface area contributed by atoms with E-state index in [1.165, 1.54) is 57.8 Å². The molecule has 0 saturated carbocycles. The normalized spacial score (nSPS) is 22.2. The van der Waals surface area contributed by atoms with Crippen LogP contribution in [0, 0.1) is 0 Å². The lowest BCUT2D eigenvalue weighted by Crippen LogP contribution is -2.18. The number of hydrogen-bond donors (Lipinski definition) is 0. The number of hydrogen-bond acceptors (Lipinski definition) is 5. The molecule has 1 saturated heterocycles. The molecule has 1 aliphatic heterocycles. The van der Waals surface area contributed by atoms with Crippen LogP contribution in [0.2, 0.25) is 0 Å². The van der Waals surface area contributed by atoms with Crippen LogP contribution in [0.1, 0.15) is 64.7 Å². The smallest absolute Gasteiger partial charge is 0.0700 e. The van der Waals surface area contributed by atoms with Crippen LogP contribution < -0.4 is 0 Å². The van der Waals surface area contributed by atoms with E-state index in [9.17, 15) is 0 Å². The molecule has 1 heterocycles. The average molecular weight is 393 g/mol. The third-order valence-electron chi connectivity index (χ3n) is 4.38. The summed E-state index contributed by atoms with van der Waals surface area (Å²) in [7, 11) is 0. The van der Waals surface area contributed by atoms with Crippen molar-refractivity contribution < 1.29 is 14.2 Å². The zero-order valence-corrected chi connectivity index (χ0v) is 18.0. The number of rotatable bonds is 9. The molecule has 0 aromatic carbocycles. The van der Waals surface area contributed by atoms with Crippen molar-refractivity contribution >= 4 is 23.5 Å². The van der Waals surface area contributed by atoms with Gasteiger partial charge >= 0.3 is 0 Å². The maximum Gasteiger partial charge on any atom is 0.0700 e. The van der Waals surface area contributed by atoms with Crippen molar-refractivity contribution in [1.29, 1.82) is 0 Å². The molecule has 1 rings (SSSR count). The maximum absolute atomic E-state index is 6.15. The second kappa shape index (κ2) is 19.3. The van der Waals surface area contributed by atoms with Crippen LogP contribution in [-0.2, 0) is 14.2 Å². The van der Waals surface area contributed by atoms with Crippen molar-refractivity contribution in [3.8, 4) is 0 Å². The number of ether oxygens (including phenoxy) is 3. The molecule has 0 bridgehead atoms. The molecule has 25 heavy (non-hydrogen) atoms. The molecule has 0 amide bonds. The third kappa shape index (κ3) is 16.5. The summed E-state index contributed by atoms with van der Waals surface area (Å²) in [4.78, 5) is 0. The summed E-state index contributed by atoms with van der Waals surface area (Å²) >= 11 is 3.90. The summed E-state index contributed by atoms with van der Waals surface area (Å²) in [6.45, 7) is 6.26. The van der Waals surface area contributed by atoms with E-state index in [4.69, 9.17) is 14.2 Å². The van der Waals surface area contributed by atoms with Gasteiger partial charge in [0.1, 0.15) is 0 Å². The van der Waals surface area contributed by atoms with Gasteiger partial charge in [-0.15, -0.1) is 0 Å².